The van der Waals surface area contributed by atoms with E-state index in [1.165, 1.54) is 6.07 Å². The molecule has 0 unspecified atom stereocenters. The van der Waals surface area contributed by atoms with Gasteiger partial charge in [-0.1, -0.05) is 17.7 Å². The topological polar surface area (TPSA) is 50.2 Å². The minimum absolute atomic E-state index is 0.110. The molecule has 1 aromatic heterocycles. The first-order valence-corrected chi connectivity index (χ1v) is 5.24. The SMILES string of the molecule is O=C(O)c1cc(Cl)c(Br)c2cccnc12. The summed E-state index contributed by atoms with van der Waals surface area (Å²) in [5.74, 6) is -1.03. The molecule has 0 radical (unpaired) electrons. The lowest BCUT2D eigenvalue weighted by atomic mass is 10.1. The quantitative estimate of drug-likeness (QED) is 0.874. The average Bonchev–Trinajstić information content (AvgIpc) is 2.23. The van der Waals surface area contributed by atoms with E-state index in [9.17, 15) is 4.79 Å². The molecule has 15 heavy (non-hydrogen) atoms. The van der Waals surface area contributed by atoms with Gasteiger partial charge in [0.15, 0.2) is 0 Å². The van der Waals surface area contributed by atoms with Crippen LogP contribution in [0.2, 0.25) is 5.02 Å². The number of rotatable bonds is 1. The number of hydrogen-bond acceptors (Lipinski definition) is 2. The summed E-state index contributed by atoms with van der Waals surface area (Å²) in [5.41, 5.74) is 0.542. The molecular formula is C10H5BrClNO2. The van der Waals surface area contributed by atoms with E-state index in [1.807, 2.05) is 0 Å². The maximum absolute atomic E-state index is 11.0. The van der Waals surface area contributed by atoms with E-state index in [-0.39, 0.29) is 5.56 Å². The van der Waals surface area contributed by atoms with E-state index >= 15 is 0 Å². The zero-order valence-electron chi connectivity index (χ0n) is 7.37. The van der Waals surface area contributed by atoms with E-state index in [2.05, 4.69) is 20.9 Å². The predicted molar refractivity (Wildman–Crippen MR) is 61.4 cm³/mol. The zero-order chi connectivity index (χ0) is 11.0. The molecule has 3 nitrogen and oxygen atoms in total. The molecule has 0 bridgehead atoms. The van der Waals surface area contributed by atoms with E-state index in [4.69, 9.17) is 16.7 Å². The predicted octanol–water partition coefficient (Wildman–Crippen LogP) is 3.35. The Morgan fingerprint density at radius 1 is 1.53 bits per heavy atom. The average molecular weight is 287 g/mol. The Kier molecular flexibility index (Phi) is 2.63. The summed E-state index contributed by atoms with van der Waals surface area (Å²) in [6, 6.07) is 4.89. The van der Waals surface area contributed by atoms with Crippen molar-refractivity contribution in [2.45, 2.75) is 0 Å². The van der Waals surface area contributed by atoms with Crippen LogP contribution in [0.15, 0.2) is 28.9 Å². The minimum atomic E-state index is -1.03. The molecule has 0 amide bonds. The summed E-state index contributed by atoms with van der Waals surface area (Å²) >= 11 is 9.20. The van der Waals surface area contributed by atoms with E-state index in [1.54, 1.807) is 18.3 Å². The Hall–Kier alpha value is -1.13. The van der Waals surface area contributed by atoms with Gasteiger partial charge in [-0.05, 0) is 28.1 Å². The van der Waals surface area contributed by atoms with Gasteiger partial charge in [0.1, 0.15) is 0 Å². The standard InChI is InChI=1S/C10H5BrClNO2/c11-8-5-2-1-3-13-9(5)6(10(14)15)4-7(8)12/h1-4H,(H,14,15). The Morgan fingerprint density at radius 3 is 2.93 bits per heavy atom. The molecular weight excluding hydrogens is 281 g/mol. The molecule has 0 spiro atoms. The highest BCUT2D eigenvalue weighted by atomic mass is 79.9. The molecule has 0 saturated heterocycles. The van der Waals surface area contributed by atoms with Crippen molar-refractivity contribution in [1.82, 2.24) is 4.98 Å². The lowest BCUT2D eigenvalue weighted by molar-refractivity contribution is 0.0699. The lowest BCUT2D eigenvalue weighted by Gasteiger charge is -2.05. The van der Waals surface area contributed by atoms with Crippen LogP contribution in [0, 0.1) is 0 Å². The summed E-state index contributed by atoms with van der Waals surface area (Å²) in [6.45, 7) is 0. The van der Waals surface area contributed by atoms with Crippen LogP contribution >= 0.6 is 27.5 Å². The number of fused-ring (bicyclic) bond motifs is 1. The molecule has 0 aliphatic heterocycles. The molecule has 76 valence electrons. The third-order valence-electron chi connectivity index (χ3n) is 2.01. The Labute approximate surface area is 98.8 Å². The summed E-state index contributed by atoms with van der Waals surface area (Å²) in [5, 5.41) is 10.0. The number of halogens is 2. The first-order chi connectivity index (χ1) is 7.11. The number of pyridine rings is 1. The molecule has 0 aliphatic carbocycles. The van der Waals surface area contributed by atoms with Crippen LogP contribution in [0.5, 0.6) is 0 Å². The Morgan fingerprint density at radius 2 is 2.27 bits per heavy atom. The van der Waals surface area contributed by atoms with Crippen molar-refractivity contribution in [1.29, 1.82) is 0 Å². The van der Waals surface area contributed by atoms with Crippen molar-refractivity contribution in [2.75, 3.05) is 0 Å². The summed E-state index contributed by atoms with van der Waals surface area (Å²) < 4.78 is 0.664. The second-order valence-electron chi connectivity index (χ2n) is 2.92. The van der Waals surface area contributed by atoms with Crippen molar-refractivity contribution in [2.24, 2.45) is 0 Å². The molecule has 0 saturated carbocycles. The van der Waals surface area contributed by atoms with E-state index < -0.39 is 5.97 Å². The fourth-order valence-electron chi connectivity index (χ4n) is 1.35. The monoisotopic (exact) mass is 285 g/mol. The normalized spacial score (nSPS) is 10.5. The highest BCUT2D eigenvalue weighted by molar-refractivity contribution is 9.10. The number of carboxylic acid groups (broad SMARTS) is 1. The molecule has 5 heteroatoms. The van der Waals surface area contributed by atoms with Gasteiger partial charge in [0.2, 0.25) is 0 Å². The smallest absolute Gasteiger partial charge is 0.337 e. The van der Waals surface area contributed by atoms with Crippen LogP contribution in [-0.2, 0) is 0 Å². The minimum Gasteiger partial charge on any atom is -0.478 e. The van der Waals surface area contributed by atoms with Crippen LogP contribution in [0.3, 0.4) is 0 Å². The first kappa shape index (κ1) is 10.4. The number of carboxylic acids is 1. The van der Waals surface area contributed by atoms with E-state index in [0.717, 1.165) is 0 Å². The summed E-state index contributed by atoms with van der Waals surface area (Å²) in [4.78, 5) is 15.0. The largest absolute Gasteiger partial charge is 0.478 e. The summed E-state index contributed by atoms with van der Waals surface area (Å²) in [7, 11) is 0. The van der Waals surface area contributed by atoms with Crippen molar-refractivity contribution in [3.8, 4) is 0 Å². The lowest BCUT2D eigenvalue weighted by Crippen LogP contribution is -1.99. The Bertz CT molecular complexity index is 556. The van der Waals surface area contributed by atoms with Crippen molar-refractivity contribution in [3.63, 3.8) is 0 Å². The number of carbonyl (C=O) groups is 1. The van der Waals surface area contributed by atoms with Crippen molar-refractivity contribution < 1.29 is 9.90 Å². The molecule has 1 heterocycles. The molecule has 0 atom stereocenters. The number of hydrogen-bond donors (Lipinski definition) is 1. The van der Waals surface area contributed by atoms with Gasteiger partial charge in [-0.2, -0.15) is 0 Å². The molecule has 1 aromatic carbocycles. The molecule has 2 rings (SSSR count). The number of benzene rings is 1. The van der Waals surface area contributed by atoms with Gasteiger partial charge in [0.25, 0.3) is 0 Å². The van der Waals surface area contributed by atoms with Crippen LogP contribution in [0.4, 0.5) is 0 Å². The fourth-order valence-corrected chi connectivity index (χ4v) is 1.99. The highest BCUT2D eigenvalue weighted by Gasteiger charge is 2.14. The third-order valence-corrected chi connectivity index (χ3v) is 3.39. The van der Waals surface area contributed by atoms with Gasteiger partial charge >= 0.3 is 5.97 Å². The number of aromatic carboxylic acids is 1. The van der Waals surface area contributed by atoms with Crippen LogP contribution in [-0.4, -0.2) is 16.1 Å². The second kappa shape index (κ2) is 3.79. The fraction of sp³-hybridized carbons (Fsp3) is 0. The summed E-state index contributed by atoms with van der Waals surface area (Å²) in [6.07, 6.45) is 1.55. The van der Waals surface area contributed by atoms with Crippen LogP contribution in [0.25, 0.3) is 10.9 Å². The third kappa shape index (κ3) is 1.70. The van der Waals surface area contributed by atoms with Crippen molar-refractivity contribution in [3.05, 3.63) is 39.5 Å². The van der Waals surface area contributed by atoms with Gasteiger partial charge in [-0.15, -0.1) is 0 Å². The maximum Gasteiger partial charge on any atom is 0.337 e. The van der Waals surface area contributed by atoms with Gasteiger partial charge in [-0.3, -0.25) is 4.98 Å². The highest BCUT2D eigenvalue weighted by Crippen LogP contribution is 2.32. The van der Waals surface area contributed by atoms with Gasteiger partial charge in [0.05, 0.1) is 16.1 Å². The second-order valence-corrected chi connectivity index (χ2v) is 4.12. The molecule has 1 N–H and O–H groups in total. The number of aromatic nitrogens is 1. The molecule has 2 aromatic rings. The van der Waals surface area contributed by atoms with Crippen LogP contribution in [0.1, 0.15) is 10.4 Å². The Balaban J connectivity index is 2.94. The molecule has 0 aliphatic rings. The van der Waals surface area contributed by atoms with Crippen molar-refractivity contribution >= 4 is 44.4 Å². The maximum atomic E-state index is 11.0. The first-order valence-electron chi connectivity index (χ1n) is 4.07. The van der Waals surface area contributed by atoms with Crippen LogP contribution < -0.4 is 0 Å². The zero-order valence-corrected chi connectivity index (χ0v) is 9.71. The molecule has 0 fully saturated rings. The number of nitrogens with zero attached hydrogens (tertiary/aromatic N) is 1. The van der Waals surface area contributed by atoms with Gasteiger partial charge < -0.3 is 5.11 Å². The van der Waals surface area contributed by atoms with Gasteiger partial charge in [0, 0.05) is 16.1 Å². The van der Waals surface area contributed by atoms with Gasteiger partial charge in [-0.25, -0.2) is 4.79 Å². The van der Waals surface area contributed by atoms with E-state index in [0.29, 0.717) is 20.4 Å².